The quantitative estimate of drug-likeness (QED) is 0.842. The monoisotopic (exact) mass is 250 g/mol. The summed E-state index contributed by atoms with van der Waals surface area (Å²) in [5, 5.41) is 9.61. The van der Waals surface area contributed by atoms with Gasteiger partial charge in [0.2, 0.25) is 0 Å². The fourth-order valence-electron chi connectivity index (χ4n) is 1.60. The zero-order valence-corrected chi connectivity index (χ0v) is 11.6. The van der Waals surface area contributed by atoms with E-state index < -0.39 is 5.60 Å². The van der Waals surface area contributed by atoms with Crippen molar-refractivity contribution in [2.24, 2.45) is 0 Å². The fraction of sp³-hybridized carbons (Fsp3) is 0.467. The maximum absolute atomic E-state index is 9.61. The number of rotatable bonds is 6. The van der Waals surface area contributed by atoms with Crippen LogP contribution >= 0.6 is 0 Å². The normalized spacial score (nSPS) is 11.8. The lowest BCUT2D eigenvalue weighted by molar-refractivity contribution is 0.0722. The van der Waals surface area contributed by atoms with Gasteiger partial charge in [0.05, 0.1) is 19.8 Å². The Bertz CT molecular complexity index is 403. The van der Waals surface area contributed by atoms with Crippen LogP contribution in [-0.4, -0.2) is 24.9 Å². The Labute approximate surface area is 109 Å². The average molecular weight is 250 g/mol. The molecule has 1 aromatic carbocycles. The van der Waals surface area contributed by atoms with Crippen LogP contribution in [-0.2, 0) is 0 Å². The van der Waals surface area contributed by atoms with Crippen LogP contribution in [0.2, 0.25) is 0 Å². The van der Waals surface area contributed by atoms with Crippen molar-refractivity contribution in [2.75, 3.05) is 14.2 Å². The first-order chi connectivity index (χ1) is 8.46. The smallest absolute Gasteiger partial charge is 0.129 e. The molecule has 1 N–H and O–H groups in total. The predicted octanol–water partition coefficient (Wildman–Crippen LogP) is 3.27. The van der Waals surface area contributed by atoms with Crippen molar-refractivity contribution in [1.29, 1.82) is 0 Å². The zero-order valence-electron chi connectivity index (χ0n) is 11.6. The molecule has 0 aliphatic rings. The van der Waals surface area contributed by atoms with E-state index in [-0.39, 0.29) is 0 Å². The number of benzene rings is 1. The Morgan fingerprint density at radius 3 is 2.50 bits per heavy atom. The van der Waals surface area contributed by atoms with Gasteiger partial charge in [-0.15, -0.1) is 0 Å². The van der Waals surface area contributed by atoms with Gasteiger partial charge in [0.15, 0.2) is 0 Å². The van der Waals surface area contributed by atoms with E-state index in [1.54, 1.807) is 14.2 Å². The lowest BCUT2D eigenvalue weighted by Crippen LogP contribution is -2.17. The molecule has 0 radical (unpaired) electrons. The van der Waals surface area contributed by atoms with Crippen LogP contribution < -0.4 is 9.47 Å². The second-order valence-electron chi connectivity index (χ2n) is 4.86. The molecule has 0 aromatic heterocycles. The number of hydrogen-bond acceptors (Lipinski definition) is 3. The number of ether oxygens (including phenoxy) is 2. The van der Waals surface area contributed by atoms with Gasteiger partial charge >= 0.3 is 0 Å². The van der Waals surface area contributed by atoms with Crippen molar-refractivity contribution in [1.82, 2.24) is 0 Å². The molecule has 0 saturated heterocycles. The standard InChI is InChI=1S/C15H22O3/c1-15(2,16)10-6-5-7-12-8-9-13(17-3)11-14(12)18-4/h5,7-9,11,16H,6,10H2,1-4H3/b7-5+. The molecule has 0 heterocycles. The predicted molar refractivity (Wildman–Crippen MR) is 74.1 cm³/mol. The first-order valence-electron chi connectivity index (χ1n) is 6.07. The average Bonchev–Trinajstić information content (AvgIpc) is 2.33. The zero-order chi connectivity index (χ0) is 13.6. The third kappa shape index (κ3) is 4.80. The summed E-state index contributed by atoms with van der Waals surface area (Å²) in [7, 11) is 3.27. The Morgan fingerprint density at radius 2 is 1.94 bits per heavy atom. The van der Waals surface area contributed by atoms with E-state index in [2.05, 4.69) is 0 Å². The third-order valence-corrected chi connectivity index (χ3v) is 2.66. The van der Waals surface area contributed by atoms with Gasteiger partial charge in [-0.2, -0.15) is 0 Å². The van der Waals surface area contributed by atoms with Crippen molar-refractivity contribution < 1.29 is 14.6 Å². The maximum atomic E-state index is 9.61. The molecule has 0 saturated carbocycles. The molecule has 18 heavy (non-hydrogen) atoms. The Morgan fingerprint density at radius 1 is 1.22 bits per heavy atom. The minimum absolute atomic E-state index is 0.617. The molecule has 0 aliphatic carbocycles. The number of hydrogen-bond donors (Lipinski definition) is 1. The van der Waals surface area contributed by atoms with E-state index in [1.807, 2.05) is 44.2 Å². The van der Waals surface area contributed by atoms with Crippen molar-refractivity contribution in [3.8, 4) is 11.5 Å². The molecule has 3 heteroatoms. The van der Waals surface area contributed by atoms with Crippen molar-refractivity contribution in [3.05, 3.63) is 29.8 Å². The largest absolute Gasteiger partial charge is 0.497 e. The highest BCUT2D eigenvalue weighted by atomic mass is 16.5. The maximum Gasteiger partial charge on any atom is 0.129 e. The number of aliphatic hydroxyl groups is 1. The molecule has 0 atom stereocenters. The second-order valence-corrected chi connectivity index (χ2v) is 4.86. The van der Waals surface area contributed by atoms with Crippen LogP contribution in [0.15, 0.2) is 24.3 Å². The lowest BCUT2D eigenvalue weighted by Gasteiger charge is -2.14. The van der Waals surface area contributed by atoms with E-state index in [9.17, 15) is 5.11 Å². The van der Waals surface area contributed by atoms with Crippen LogP contribution in [0.25, 0.3) is 6.08 Å². The Hall–Kier alpha value is -1.48. The fourth-order valence-corrected chi connectivity index (χ4v) is 1.60. The molecule has 0 bridgehead atoms. The highest BCUT2D eigenvalue weighted by Crippen LogP contribution is 2.25. The first-order valence-corrected chi connectivity index (χ1v) is 6.07. The Balaban J connectivity index is 2.69. The van der Waals surface area contributed by atoms with Crippen molar-refractivity contribution in [2.45, 2.75) is 32.3 Å². The molecule has 3 nitrogen and oxygen atoms in total. The van der Waals surface area contributed by atoms with E-state index in [4.69, 9.17) is 9.47 Å². The van der Waals surface area contributed by atoms with Gasteiger partial charge in [-0.25, -0.2) is 0 Å². The highest BCUT2D eigenvalue weighted by Gasteiger charge is 2.10. The number of allylic oxidation sites excluding steroid dienone is 1. The molecule has 0 spiro atoms. The van der Waals surface area contributed by atoms with Gasteiger partial charge in [-0.05, 0) is 38.8 Å². The summed E-state index contributed by atoms with van der Waals surface area (Å²) >= 11 is 0. The second kappa shape index (κ2) is 6.45. The summed E-state index contributed by atoms with van der Waals surface area (Å²) in [5.41, 5.74) is 0.392. The molecular formula is C15H22O3. The minimum Gasteiger partial charge on any atom is -0.497 e. The molecule has 0 amide bonds. The van der Waals surface area contributed by atoms with Crippen LogP contribution in [0, 0.1) is 0 Å². The summed E-state index contributed by atoms with van der Waals surface area (Å²) in [6.07, 6.45) is 5.62. The lowest BCUT2D eigenvalue weighted by atomic mass is 10.0. The minimum atomic E-state index is -0.617. The molecule has 1 aromatic rings. The summed E-state index contributed by atoms with van der Waals surface area (Å²) in [5.74, 6) is 1.56. The molecule has 0 unspecified atom stereocenters. The van der Waals surface area contributed by atoms with E-state index in [0.29, 0.717) is 0 Å². The molecule has 0 aliphatic heterocycles. The van der Waals surface area contributed by atoms with Crippen LogP contribution in [0.1, 0.15) is 32.3 Å². The molecule has 1 rings (SSSR count). The third-order valence-electron chi connectivity index (χ3n) is 2.66. The van der Waals surface area contributed by atoms with Gasteiger partial charge in [0.25, 0.3) is 0 Å². The van der Waals surface area contributed by atoms with Gasteiger partial charge in [0.1, 0.15) is 11.5 Å². The summed E-state index contributed by atoms with van der Waals surface area (Å²) in [6, 6.07) is 5.71. The van der Waals surface area contributed by atoms with Gasteiger partial charge in [-0.3, -0.25) is 0 Å². The SMILES string of the molecule is COc1ccc(/C=C/CCC(C)(C)O)c(OC)c1. The van der Waals surface area contributed by atoms with Crippen LogP contribution in [0.5, 0.6) is 11.5 Å². The van der Waals surface area contributed by atoms with Gasteiger partial charge in [-0.1, -0.05) is 12.2 Å². The van der Waals surface area contributed by atoms with Crippen molar-refractivity contribution >= 4 is 6.08 Å². The molecule has 100 valence electrons. The van der Waals surface area contributed by atoms with Gasteiger partial charge in [0, 0.05) is 11.6 Å². The first kappa shape index (κ1) is 14.6. The topological polar surface area (TPSA) is 38.7 Å². The van der Waals surface area contributed by atoms with Gasteiger partial charge < -0.3 is 14.6 Å². The number of methoxy groups -OCH3 is 2. The van der Waals surface area contributed by atoms with E-state index in [1.165, 1.54) is 0 Å². The van der Waals surface area contributed by atoms with Crippen molar-refractivity contribution in [3.63, 3.8) is 0 Å². The van der Waals surface area contributed by atoms with Crippen LogP contribution in [0.3, 0.4) is 0 Å². The summed E-state index contributed by atoms with van der Waals surface area (Å²) < 4.78 is 10.5. The Kier molecular flexibility index (Phi) is 5.23. The summed E-state index contributed by atoms with van der Waals surface area (Å²) in [6.45, 7) is 3.63. The molecule has 0 fully saturated rings. The highest BCUT2D eigenvalue weighted by molar-refractivity contribution is 5.59. The van der Waals surface area contributed by atoms with E-state index in [0.717, 1.165) is 29.9 Å². The van der Waals surface area contributed by atoms with E-state index >= 15 is 0 Å². The summed E-state index contributed by atoms with van der Waals surface area (Å²) in [4.78, 5) is 0. The molecular weight excluding hydrogens is 228 g/mol. The van der Waals surface area contributed by atoms with Crippen LogP contribution in [0.4, 0.5) is 0 Å².